The van der Waals surface area contributed by atoms with Gasteiger partial charge in [0, 0.05) is 32.0 Å². The molecule has 5 heterocycles. The molecule has 0 saturated carbocycles. The molecule has 0 spiro atoms. The largest absolute Gasteiger partial charge is 0.391 e. The van der Waals surface area contributed by atoms with Gasteiger partial charge in [0.05, 0.1) is 30.1 Å². The van der Waals surface area contributed by atoms with Crippen LogP contribution in [0.2, 0.25) is 0 Å². The molecule has 1 N–H and O–H groups in total. The van der Waals surface area contributed by atoms with Crippen molar-refractivity contribution in [3.63, 3.8) is 0 Å². The number of aliphatic hydroxyl groups excluding tert-OH is 1. The molecule has 2 amide bonds. The fraction of sp³-hybridized carbons (Fsp3) is 0.500. The molecule has 1 saturated heterocycles. The summed E-state index contributed by atoms with van der Waals surface area (Å²) < 4.78 is 3.55. The molecular formula is C22H27N7O3. The van der Waals surface area contributed by atoms with E-state index < -0.39 is 6.10 Å². The van der Waals surface area contributed by atoms with Crippen LogP contribution in [0.5, 0.6) is 0 Å². The number of aromatic nitrogens is 5. The standard InChI is InChI=1S/C22H27N7O3/c1-14-19(28-10-4-7-23-22(28)24-14)21(32)26-8-5-11-29-16(13-26)12-17(25-29)20(31)27-9-3-6-18(30)15(27)2/h4,7,10,12,15,18,30H,3,5-6,8-9,11,13H2,1-2H3. The third-order valence-electron chi connectivity index (χ3n) is 6.51. The van der Waals surface area contributed by atoms with E-state index in [0.717, 1.165) is 18.5 Å². The average Bonchev–Trinajstić information content (AvgIpc) is 3.27. The molecule has 5 rings (SSSR count). The number of imidazole rings is 1. The zero-order chi connectivity index (χ0) is 22.4. The van der Waals surface area contributed by atoms with E-state index in [4.69, 9.17) is 0 Å². The minimum Gasteiger partial charge on any atom is -0.391 e. The van der Waals surface area contributed by atoms with Crippen LogP contribution in [0, 0.1) is 6.92 Å². The molecule has 10 heteroatoms. The number of likely N-dealkylation sites (tertiary alicyclic amines) is 1. The third-order valence-corrected chi connectivity index (χ3v) is 6.51. The Balaban J connectivity index is 1.40. The Hall–Kier alpha value is -3.27. The van der Waals surface area contributed by atoms with Crippen LogP contribution in [0.25, 0.3) is 5.78 Å². The maximum absolute atomic E-state index is 13.4. The van der Waals surface area contributed by atoms with Gasteiger partial charge in [0.15, 0.2) is 5.69 Å². The quantitative estimate of drug-likeness (QED) is 0.647. The van der Waals surface area contributed by atoms with Crippen molar-refractivity contribution >= 4 is 17.6 Å². The Morgan fingerprint density at radius 3 is 2.84 bits per heavy atom. The number of amides is 2. The normalized spacial score (nSPS) is 21.5. The van der Waals surface area contributed by atoms with Crippen LogP contribution in [0.4, 0.5) is 0 Å². The van der Waals surface area contributed by atoms with Crippen LogP contribution >= 0.6 is 0 Å². The third kappa shape index (κ3) is 3.44. The van der Waals surface area contributed by atoms with Gasteiger partial charge in [-0.1, -0.05) is 0 Å². The van der Waals surface area contributed by atoms with Crippen LogP contribution < -0.4 is 0 Å². The highest BCUT2D eigenvalue weighted by Gasteiger charge is 2.33. The first kappa shape index (κ1) is 20.6. The molecule has 3 aromatic heterocycles. The van der Waals surface area contributed by atoms with Gasteiger partial charge in [-0.3, -0.25) is 18.7 Å². The van der Waals surface area contributed by atoms with Crippen molar-refractivity contribution in [1.29, 1.82) is 0 Å². The molecule has 10 nitrogen and oxygen atoms in total. The monoisotopic (exact) mass is 437 g/mol. The van der Waals surface area contributed by atoms with Crippen molar-refractivity contribution in [1.82, 2.24) is 33.9 Å². The highest BCUT2D eigenvalue weighted by molar-refractivity contribution is 5.95. The molecule has 2 atom stereocenters. The number of hydrogen-bond donors (Lipinski definition) is 1. The molecule has 1 fully saturated rings. The number of piperidine rings is 1. The van der Waals surface area contributed by atoms with Gasteiger partial charge in [-0.15, -0.1) is 0 Å². The maximum atomic E-state index is 13.4. The van der Waals surface area contributed by atoms with Gasteiger partial charge in [0.2, 0.25) is 5.78 Å². The van der Waals surface area contributed by atoms with Gasteiger partial charge < -0.3 is 14.9 Å². The van der Waals surface area contributed by atoms with E-state index >= 15 is 0 Å². The molecule has 0 radical (unpaired) electrons. The van der Waals surface area contributed by atoms with Crippen LogP contribution in [-0.4, -0.2) is 76.1 Å². The summed E-state index contributed by atoms with van der Waals surface area (Å²) in [6, 6.07) is 3.33. The van der Waals surface area contributed by atoms with Crippen molar-refractivity contribution in [2.45, 2.75) is 58.3 Å². The van der Waals surface area contributed by atoms with E-state index in [0.29, 0.717) is 55.5 Å². The van der Waals surface area contributed by atoms with Crippen LogP contribution in [0.15, 0.2) is 24.5 Å². The number of aliphatic hydroxyl groups is 1. The van der Waals surface area contributed by atoms with Crippen molar-refractivity contribution in [3.8, 4) is 0 Å². The second kappa shape index (κ2) is 8.01. The van der Waals surface area contributed by atoms with E-state index in [1.807, 2.05) is 18.5 Å². The molecule has 0 aromatic carbocycles. The fourth-order valence-corrected chi connectivity index (χ4v) is 4.70. The summed E-state index contributed by atoms with van der Waals surface area (Å²) >= 11 is 0. The number of aryl methyl sites for hydroxylation is 2. The first-order valence-corrected chi connectivity index (χ1v) is 11.1. The first-order chi connectivity index (χ1) is 15.4. The topological polar surface area (TPSA) is 109 Å². The molecule has 2 aliphatic heterocycles. The molecule has 168 valence electrons. The van der Waals surface area contributed by atoms with Gasteiger partial charge in [-0.25, -0.2) is 9.97 Å². The Kier molecular flexibility index (Phi) is 5.16. The molecule has 2 unspecified atom stereocenters. The highest BCUT2D eigenvalue weighted by Crippen LogP contribution is 2.22. The number of hydrogen-bond acceptors (Lipinski definition) is 6. The van der Waals surface area contributed by atoms with E-state index in [-0.39, 0.29) is 17.9 Å². The van der Waals surface area contributed by atoms with Crippen molar-refractivity contribution in [3.05, 3.63) is 47.3 Å². The van der Waals surface area contributed by atoms with Crippen LogP contribution in [0.1, 0.15) is 58.6 Å². The number of fused-ring (bicyclic) bond motifs is 2. The van der Waals surface area contributed by atoms with Crippen molar-refractivity contribution in [2.24, 2.45) is 0 Å². The summed E-state index contributed by atoms with van der Waals surface area (Å²) in [5.41, 5.74) is 2.34. The van der Waals surface area contributed by atoms with E-state index in [9.17, 15) is 14.7 Å². The van der Waals surface area contributed by atoms with E-state index in [1.165, 1.54) is 0 Å². The highest BCUT2D eigenvalue weighted by atomic mass is 16.3. The number of rotatable bonds is 2. The lowest BCUT2D eigenvalue weighted by molar-refractivity contribution is 0.0176. The molecule has 3 aromatic rings. The van der Waals surface area contributed by atoms with Crippen molar-refractivity contribution < 1.29 is 14.7 Å². The van der Waals surface area contributed by atoms with Gasteiger partial charge in [-0.2, -0.15) is 5.10 Å². The number of carbonyl (C=O) groups excluding carboxylic acids is 2. The Morgan fingerprint density at radius 2 is 2.00 bits per heavy atom. The zero-order valence-corrected chi connectivity index (χ0v) is 18.3. The molecule has 2 aliphatic rings. The predicted molar refractivity (Wildman–Crippen MR) is 115 cm³/mol. The average molecular weight is 438 g/mol. The lowest BCUT2D eigenvalue weighted by atomic mass is 10.00. The van der Waals surface area contributed by atoms with Gasteiger partial charge in [0.25, 0.3) is 11.8 Å². The van der Waals surface area contributed by atoms with Crippen molar-refractivity contribution in [2.75, 3.05) is 13.1 Å². The van der Waals surface area contributed by atoms with Crippen LogP contribution in [0.3, 0.4) is 0 Å². The molecule has 32 heavy (non-hydrogen) atoms. The Bertz CT molecular complexity index is 1180. The van der Waals surface area contributed by atoms with E-state index in [2.05, 4.69) is 15.1 Å². The molecular weight excluding hydrogens is 410 g/mol. The maximum Gasteiger partial charge on any atom is 0.274 e. The summed E-state index contributed by atoms with van der Waals surface area (Å²) in [5, 5.41) is 14.7. The minimum atomic E-state index is -0.510. The number of nitrogens with zero attached hydrogens (tertiary/aromatic N) is 7. The predicted octanol–water partition coefficient (Wildman–Crippen LogP) is 1.27. The first-order valence-electron chi connectivity index (χ1n) is 11.1. The van der Waals surface area contributed by atoms with Gasteiger partial charge >= 0.3 is 0 Å². The Morgan fingerprint density at radius 1 is 1.16 bits per heavy atom. The molecule has 0 aliphatic carbocycles. The number of carbonyl (C=O) groups is 2. The summed E-state index contributed by atoms with van der Waals surface area (Å²) in [6.07, 6.45) is 5.16. The Labute approximate surface area is 185 Å². The van der Waals surface area contributed by atoms with Crippen LogP contribution in [-0.2, 0) is 13.1 Å². The summed E-state index contributed by atoms with van der Waals surface area (Å²) in [5.74, 6) is 0.218. The summed E-state index contributed by atoms with van der Waals surface area (Å²) in [6.45, 7) is 5.90. The second-order valence-electron chi connectivity index (χ2n) is 8.61. The lowest BCUT2D eigenvalue weighted by Gasteiger charge is -2.36. The summed E-state index contributed by atoms with van der Waals surface area (Å²) in [7, 11) is 0. The zero-order valence-electron chi connectivity index (χ0n) is 18.3. The fourth-order valence-electron chi connectivity index (χ4n) is 4.70. The minimum absolute atomic E-state index is 0.113. The second-order valence-corrected chi connectivity index (χ2v) is 8.61. The lowest BCUT2D eigenvalue weighted by Crippen LogP contribution is -2.49. The smallest absolute Gasteiger partial charge is 0.274 e. The molecule has 0 bridgehead atoms. The van der Waals surface area contributed by atoms with Gasteiger partial charge in [0.1, 0.15) is 5.69 Å². The summed E-state index contributed by atoms with van der Waals surface area (Å²) in [4.78, 5) is 38.6. The van der Waals surface area contributed by atoms with Gasteiger partial charge in [-0.05, 0) is 45.2 Å². The van der Waals surface area contributed by atoms with E-state index in [1.54, 1.807) is 38.7 Å². The SMILES string of the molecule is Cc1nc2ncccn2c1C(=O)N1CCCn2nc(C(=O)N3CCCC(O)C3C)cc2C1.